The quantitative estimate of drug-likeness (QED) is 0.00703. The van der Waals surface area contributed by atoms with Crippen molar-refractivity contribution in [2.45, 2.75) is 219 Å². The largest absolute Gasteiger partial charge is 0.463 e. The van der Waals surface area contributed by atoms with E-state index in [1.807, 2.05) is 60.7 Å². The normalized spacial score (nSPS) is 24.5. The van der Waals surface area contributed by atoms with Gasteiger partial charge in [-0.15, -0.1) is 0 Å². The van der Waals surface area contributed by atoms with Gasteiger partial charge >= 0.3 is 46.3 Å². The van der Waals surface area contributed by atoms with Crippen LogP contribution in [0.15, 0.2) is 253 Å². The van der Waals surface area contributed by atoms with Crippen molar-refractivity contribution in [3.63, 3.8) is 0 Å². The van der Waals surface area contributed by atoms with Crippen molar-refractivity contribution in [2.75, 3.05) is 46.2 Å². The summed E-state index contributed by atoms with van der Waals surface area (Å²) in [7, 11) is -5.14. The Morgan fingerprint density at radius 3 is 1.18 bits per heavy atom. The van der Waals surface area contributed by atoms with E-state index >= 15 is 9.59 Å². The average molecular weight is 2020 g/mol. The molecule has 0 spiro atoms. The molecule has 0 saturated carbocycles. The van der Waals surface area contributed by atoms with Crippen LogP contribution in [0.4, 0.5) is 4.79 Å². The molecular formula is C98H106Cl3N7O31S. The molecule has 4 fully saturated rings. The van der Waals surface area contributed by atoms with Gasteiger partial charge < -0.3 is 105 Å². The Kier molecular flexibility index (Phi) is 41.8. The summed E-state index contributed by atoms with van der Waals surface area (Å²) < 4.78 is 155. The molecule has 20 atom stereocenters. The van der Waals surface area contributed by atoms with Gasteiger partial charge in [-0.25, -0.2) is 22.7 Å². The molecule has 0 aliphatic carbocycles. The topological polar surface area (TPSA) is 476 Å². The summed E-state index contributed by atoms with van der Waals surface area (Å²) in [6.07, 6.45) is -35.9. The minimum Gasteiger partial charge on any atom is -0.463 e. The standard InChI is InChI=1S/C98H106Cl3N7O31S/c1-62(109)45-47-77(112)122-58-75-83(87(126-54-68-35-18-7-19-36-68)89(135-91(115)71-41-24-10-25-42-71)95(133-75)120-50-28-49-108(51-65-29-12-4-13-30-65)97(117)128-56-70-39-22-9-23-40-70)138-94-80(105-107-103)86(125-53-67-33-16-6-17-34-67)82(74(132-94)57-121-64(3)111)139-96-90(136-92(116)72-43-26-11-27-44-72)88(127-55-69-37-20-8-21-38-69)84(76(134-96)59-123-78(113)48-46-63(2)110)137-93-79(104-106-102)85(124-52-66-31-14-5-15-32-66)81(114)73(131-93)60-129-140(118,119)130-61-98(99,100)101/h4-27,29-44,73-76,79-90,93-96,114H,28,45-61H2,1-3H3/t73-,74-,75-,76-,79-,80-,81-,82-,83-,84-,85-,86-,87+,88+,89-,90-,93-,94-,95-,96+/m1/s1. The van der Waals surface area contributed by atoms with Gasteiger partial charge in [-0.05, 0) is 89.0 Å². The van der Waals surface area contributed by atoms with Crippen molar-refractivity contribution in [1.29, 1.82) is 0 Å². The molecule has 0 aromatic heterocycles. The molecule has 1 amide bonds. The van der Waals surface area contributed by atoms with Crippen LogP contribution < -0.4 is 0 Å². The number of aliphatic hydroxyl groups excluding tert-OH is 1. The number of rotatable bonds is 50. The van der Waals surface area contributed by atoms with Crippen molar-refractivity contribution >= 4 is 92.7 Å². The highest BCUT2D eigenvalue weighted by Gasteiger charge is 2.60. The van der Waals surface area contributed by atoms with Crippen LogP contribution in [0.2, 0.25) is 0 Å². The van der Waals surface area contributed by atoms with Crippen molar-refractivity contribution in [3.8, 4) is 0 Å². The third-order valence-corrected chi connectivity index (χ3v) is 23.4. The van der Waals surface area contributed by atoms with E-state index in [1.54, 1.807) is 146 Å². The fraction of sp³-hybridized carbons (Fsp3) is 0.429. The molecule has 4 aliphatic heterocycles. The molecule has 42 heteroatoms. The molecule has 0 bridgehead atoms. The number of Topliss-reactive ketones (excluding diaryl/α,β-unsaturated/α-hetero) is 2. The average Bonchev–Trinajstić information content (AvgIpc) is 0.755. The molecule has 0 unspecified atom stereocenters. The zero-order chi connectivity index (χ0) is 99.3. The lowest BCUT2D eigenvalue weighted by Crippen LogP contribution is -2.68. The number of amides is 1. The number of aliphatic hydroxyl groups is 1. The van der Waals surface area contributed by atoms with Gasteiger partial charge in [0.05, 0.1) is 69.7 Å². The van der Waals surface area contributed by atoms with E-state index in [1.165, 1.54) is 55.1 Å². The second-order valence-electron chi connectivity index (χ2n) is 32.7. The lowest BCUT2D eigenvalue weighted by Gasteiger charge is -2.51. The Bertz CT molecular complexity index is 5500. The summed E-state index contributed by atoms with van der Waals surface area (Å²) in [6.45, 7) is -2.71. The fourth-order valence-electron chi connectivity index (χ4n) is 15.4. The SMILES string of the molecule is CC(=O)CCC(=O)OC[C@H]1O[C@@H](OCCCN(Cc2ccccc2)C(=O)OCc2ccccc2)[C@H](OC(=O)c2ccccc2)[C@@H](OCc2ccccc2)[C@@H]1O[C@H]1O[C@H](COC(C)=O)[C@@H](O[C@@H]2O[C@H](COC(=O)CCC(C)=O)[C@@H](O[C@H]3O[C@H](COS(=O)(=O)OCC(Cl)(Cl)Cl)[C@@H](O)[C@H](OCc4ccccc4)[C@H]3N=[N+]=[N-])[C@H](OCc3ccccc3)[C@H]2OC(=O)c2ccccc2)[C@H](OCc2ccccc2)[C@H]1N=[N+]=[N-]. The maximum absolute atomic E-state index is 15.4. The summed E-state index contributed by atoms with van der Waals surface area (Å²) in [5.74, 6) is -5.59. The van der Waals surface area contributed by atoms with E-state index in [0.717, 1.165) is 18.1 Å². The number of carbonyl (C=O) groups is 8. The van der Waals surface area contributed by atoms with Crippen molar-refractivity contribution in [2.24, 2.45) is 10.2 Å². The van der Waals surface area contributed by atoms with Crippen LogP contribution in [0.3, 0.4) is 0 Å². The van der Waals surface area contributed by atoms with Gasteiger partial charge in [-0.1, -0.05) is 263 Å². The molecule has 38 nitrogen and oxygen atoms in total. The number of ether oxygens (including phenoxy) is 18. The minimum absolute atomic E-state index is 0.0170. The van der Waals surface area contributed by atoms with Crippen molar-refractivity contribution < 1.29 is 146 Å². The van der Waals surface area contributed by atoms with Crippen LogP contribution in [0.5, 0.6) is 0 Å². The molecule has 140 heavy (non-hydrogen) atoms. The van der Waals surface area contributed by atoms with Gasteiger partial charge in [-0.2, -0.15) is 8.42 Å². The molecule has 1 N–H and O–H groups in total. The van der Waals surface area contributed by atoms with Crippen LogP contribution in [0.1, 0.15) is 107 Å². The summed E-state index contributed by atoms with van der Waals surface area (Å²) in [6, 6.07) is 64.0. The number of nitrogens with zero attached hydrogens (tertiary/aromatic N) is 7. The maximum Gasteiger partial charge on any atom is 0.410 e. The van der Waals surface area contributed by atoms with E-state index in [4.69, 9.17) is 128 Å². The first-order valence-corrected chi connectivity index (χ1v) is 47.3. The zero-order valence-electron chi connectivity index (χ0n) is 76.2. The predicted octanol–water partition coefficient (Wildman–Crippen LogP) is 13.8. The van der Waals surface area contributed by atoms with Crippen LogP contribution >= 0.6 is 34.8 Å². The summed E-state index contributed by atoms with van der Waals surface area (Å²) >= 11 is 17.6. The van der Waals surface area contributed by atoms with Gasteiger partial charge in [0, 0.05) is 42.7 Å². The fourth-order valence-corrected chi connectivity index (χ4v) is 16.4. The highest BCUT2D eigenvalue weighted by molar-refractivity contribution is 7.81. The number of ketones is 2. The lowest BCUT2D eigenvalue weighted by molar-refractivity contribution is -0.380. The van der Waals surface area contributed by atoms with Crippen LogP contribution in [0, 0.1) is 0 Å². The molecule has 746 valence electrons. The van der Waals surface area contributed by atoms with Crippen molar-refractivity contribution in [3.05, 3.63) is 308 Å². The molecular weight excluding hydrogens is 1910 g/mol. The number of benzene rings is 8. The Morgan fingerprint density at radius 1 is 0.400 bits per heavy atom. The Hall–Kier alpha value is -11.4. The third-order valence-electron chi connectivity index (χ3n) is 22.2. The van der Waals surface area contributed by atoms with Gasteiger partial charge in [-0.3, -0.25) is 14.4 Å². The minimum atomic E-state index is -5.14. The molecule has 4 aliphatic rings. The van der Waals surface area contributed by atoms with Crippen LogP contribution in [-0.4, -0.2) is 239 Å². The number of hydrogen-bond acceptors (Lipinski definition) is 33. The van der Waals surface area contributed by atoms with E-state index in [2.05, 4.69) is 20.1 Å². The molecule has 4 saturated heterocycles. The van der Waals surface area contributed by atoms with E-state index in [0.29, 0.717) is 22.3 Å². The molecule has 12 rings (SSSR count). The molecule has 8 aromatic rings. The third kappa shape index (κ3) is 33.4. The van der Waals surface area contributed by atoms with E-state index in [9.17, 15) is 53.4 Å². The second kappa shape index (κ2) is 54.5. The summed E-state index contributed by atoms with van der Waals surface area (Å²) in [5.41, 5.74) is 25.2. The second-order valence-corrected chi connectivity index (χ2v) is 36.5. The zero-order valence-corrected chi connectivity index (χ0v) is 79.3. The van der Waals surface area contributed by atoms with Gasteiger partial charge in [0.2, 0.25) is 3.79 Å². The Morgan fingerprint density at radius 2 is 0.757 bits per heavy atom. The summed E-state index contributed by atoms with van der Waals surface area (Å²) in [5, 5.41) is 20.8. The number of carbonyl (C=O) groups excluding carboxylic acids is 8. The number of alkyl halides is 3. The predicted molar refractivity (Wildman–Crippen MR) is 496 cm³/mol. The van der Waals surface area contributed by atoms with E-state index < -0.39 is 238 Å². The first kappa shape index (κ1) is 107. The molecule has 8 aromatic carbocycles. The van der Waals surface area contributed by atoms with Crippen molar-refractivity contribution in [1.82, 2.24) is 4.90 Å². The number of hydrogen-bond donors (Lipinski definition) is 1. The van der Waals surface area contributed by atoms with Crippen LogP contribution in [0.25, 0.3) is 20.9 Å². The van der Waals surface area contributed by atoms with Gasteiger partial charge in [0.25, 0.3) is 0 Å². The highest BCUT2D eigenvalue weighted by atomic mass is 35.6. The molecule has 4 heterocycles. The monoisotopic (exact) mass is 2010 g/mol. The summed E-state index contributed by atoms with van der Waals surface area (Å²) in [4.78, 5) is 119. The first-order chi connectivity index (χ1) is 67.6. The number of esters is 5. The smallest absolute Gasteiger partial charge is 0.410 e. The van der Waals surface area contributed by atoms with E-state index in [-0.39, 0.29) is 75.7 Å². The maximum atomic E-state index is 15.4. The number of halogens is 3. The Labute approximate surface area is 821 Å². The molecule has 0 radical (unpaired) electrons. The number of azide groups is 2. The van der Waals surface area contributed by atoms with Gasteiger partial charge in [0.15, 0.2) is 37.4 Å². The first-order valence-electron chi connectivity index (χ1n) is 44.8. The highest BCUT2D eigenvalue weighted by Crippen LogP contribution is 2.42. The Balaban J connectivity index is 0.983. The lowest BCUT2D eigenvalue weighted by atomic mass is 9.94. The van der Waals surface area contributed by atoms with Crippen LogP contribution in [-0.2, 0) is 168 Å². The van der Waals surface area contributed by atoms with Gasteiger partial charge in [0.1, 0.15) is 124 Å².